The van der Waals surface area contributed by atoms with E-state index in [1.54, 1.807) is 0 Å². The predicted molar refractivity (Wildman–Crippen MR) is 57.2 cm³/mol. The first-order chi connectivity index (χ1) is 6.26. The highest BCUT2D eigenvalue weighted by Crippen LogP contribution is 2.42. The quantitative estimate of drug-likeness (QED) is 0.662. The van der Waals surface area contributed by atoms with Crippen LogP contribution in [0.2, 0.25) is 0 Å². The lowest BCUT2D eigenvalue weighted by atomic mass is 9.67. The number of hydrogen-bond acceptors (Lipinski definition) is 1. The Morgan fingerprint density at radius 1 is 1.62 bits per heavy atom. The summed E-state index contributed by atoms with van der Waals surface area (Å²) < 4.78 is 0. The standard InChI is InChI=1S/C12H21N/c1-3-7-12(10-13)8-5-6-11(4-2)9-12/h1,11H,4-10,13H2,2H3. The minimum absolute atomic E-state index is 0.285. The molecule has 1 aliphatic carbocycles. The van der Waals surface area contributed by atoms with E-state index >= 15 is 0 Å². The molecule has 0 spiro atoms. The molecule has 1 nitrogen and oxygen atoms in total. The van der Waals surface area contributed by atoms with Crippen molar-refractivity contribution in [2.24, 2.45) is 17.1 Å². The third-order valence-corrected chi connectivity index (χ3v) is 3.53. The average Bonchev–Trinajstić information content (AvgIpc) is 2.19. The summed E-state index contributed by atoms with van der Waals surface area (Å²) in [7, 11) is 0. The first-order valence-corrected chi connectivity index (χ1v) is 5.40. The molecule has 0 heterocycles. The first-order valence-electron chi connectivity index (χ1n) is 5.40. The smallest absolute Gasteiger partial charge is 0.0155 e. The Hall–Kier alpha value is -0.480. The van der Waals surface area contributed by atoms with E-state index in [9.17, 15) is 0 Å². The topological polar surface area (TPSA) is 26.0 Å². The summed E-state index contributed by atoms with van der Waals surface area (Å²) in [5, 5.41) is 0. The molecule has 0 saturated heterocycles. The van der Waals surface area contributed by atoms with E-state index in [0.29, 0.717) is 0 Å². The van der Waals surface area contributed by atoms with E-state index in [0.717, 1.165) is 18.9 Å². The van der Waals surface area contributed by atoms with Crippen molar-refractivity contribution < 1.29 is 0 Å². The van der Waals surface area contributed by atoms with Crippen molar-refractivity contribution in [2.45, 2.75) is 45.4 Å². The van der Waals surface area contributed by atoms with Crippen molar-refractivity contribution in [1.29, 1.82) is 0 Å². The van der Waals surface area contributed by atoms with Gasteiger partial charge in [-0.05, 0) is 30.7 Å². The van der Waals surface area contributed by atoms with E-state index in [-0.39, 0.29) is 5.41 Å². The molecule has 1 fully saturated rings. The average molecular weight is 179 g/mol. The molecule has 2 N–H and O–H groups in total. The van der Waals surface area contributed by atoms with Crippen LogP contribution in [0, 0.1) is 23.7 Å². The van der Waals surface area contributed by atoms with Gasteiger partial charge in [-0.2, -0.15) is 0 Å². The second-order valence-electron chi connectivity index (χ2n) is 4.46. The highest BCUT2D eigenvalue weighted by molar-refractivity contribution is 4.97. The van der Waals surface area contributed by atoms with Crippen LogP contribution in [0.3, 0.4) is 0 Å². The van der Waals surface area contributed by atoms with Gasteiger partial charge in [0.25, 0.3) is 0 Å². The summed E-state index contributed by atoms with van der Waals surface area (Å²) in [4.78, 5) is 0. The number of rotatable bonds is 3. The van der Waals surface area contributed by atoms with Gasteiger partial charge in [0.2, 0.25) is 0 Å². The molecule has 1 heteroatoms. The predicted octanol–water partition coefficient (Wildman–Crippen LogP) is 2.56. The molecule has 0 bridgehead atoms. The van der Waals surface area contributed by atoms with Gasteiger partial charge in [0, 0.05) is 6.42 Å². The second-order valence-corrected chi connectivity index (χ2v) is 4.46. The van der Waals surface area contributed by atoms with Gasteiger partial charge in [-0.15, -0.1) is 12.3 Å². The Balaban J connectivity index is 2.59. The van der Waals surface area contributed by atoms with Crippen molar-refractivity contribution in [3.05, 3.63) is 0 Å². The van der Waals surface area contributed by atoms with Crippen molar-refractivity contribution in [2.75, 3.05) is 6.54 Å². The third-order valence-electron chi connectivity index (χ3n) is 3.53. The summed E-state index contributed by atoms with van der Waals surface area (Å²) in [5.74, 6) is 3.66. The Kier molecular flexibility index (Phi) is 3.81. The maximum atomic E-state index is 5.85. The van der Waals surface area contributed by atoms with Crippen LogP contribution >= 0.6 is 0 Å². The van der Waals surface area contributed by atoms with Gasteiger partial charge in [0.05, 0.1) is 0 Å². The van der Waals surface area contributed by atoms with Gasteiger partial charge in [-0.3, -0.25) is 0 Å². The van der Waals surface area contributed by atoms with Gasteiger partial charge in [0.1, 0.15) is 0 Å². The molecule has 0 aliphatic heterocycles. The zero-order chi connectivity index (χ0) is 9.73. The van der Waals surface area contributed by atoms with Crippen LogP contribution < -0.4 is 5.73 Å². The first kappa shape index (κ1) is 10.6. The SMILES string of the molecule is C#CCC1(CN)CCCC(CC)C1. The summed E-state index contributed by atoms with van der Waals surface area (Å²) in [5.41, 5.74) is 6.13. The Morgan fingerprint density at radius 3 is 2.92 bits per heavy atom. The van der Waals surface area contributed by atoms with Crippen molar-refractivity contribution in [1.82, 2.24) is 0 Å². The van der Waals surface area contributed by atoms with Crippen LogP contribution in [0.15, 0.2) is 0 Å². The highest BCUT2D eigenvalue weighted by Gasteiger charge is 2.33. The van der Waals surface area contributed by atoms with Gasteiger partial charge >= 0.3 is 0 Å². The van der Waals surface area contributed by atoms with Crippen LogP contribution in [-0.2, 0) is 0 Å². The van der Waals surface area contributed by atoms with Crippen LogP contribution in [0.4, 0.5) is 0 Å². The molecule has 0 radical (unpaired) electrons. The van der Waals surface area contributed by atoms with Crippen LogP contribution in [0.5, 0.6) is 0 Å². The lowest BCUT2D eigenvalue weighted by Gasteiger charge is -2.39. The molecule has 1 aliphatic rings. The van der Waals surface area contributed by atoms with E-state index in [4.69, 9.17) is 12.2 Å². The molecule has 74 valence electrons. The molecular weight excluding hydrogens is 158 g/mol. The Morgan fingerprint density at radius 2 is 2.38 bits per heavy atom. The minimum atomic E-state index is 0.285. The summed E-state index contributed by atoms with van der Waals surface area (Å²) >= 11 is 0. The van der Waals surface area contributed by atoms with Gasteiger partial charge in [0.15, 0.2) is 0 Å². The largest absolute Gasteiger partial charge is 0.330 e. The lowest BCUT2D eigenvalue weighted by Crippen LogP contribution is -2.35. The van der Waals surface area contributed by atoms with Crippen LogP contribution in [0.25, 0.3) is 0 Å². The van der Waals surface area contributed by atoms with Gasteiger partial charge in [-0.25, -0.2) is 0 Å². The van der Waals surface area contributed by atoms with Crippen molar-refractivity contribution in [3.63, 3.8) is 0 Å². The molecule has 13 heavy (non-hydrogen) atoms. The van der Waals surface area contributed by atoms with Gasteiger partial charge in [-0.1, -0.05) is 26.2 Å². The fourth-order valence-corrected chi connectivity index (χ4v) is 2.57. The van der Waals surface area contributed by atoms with E-state index < -0.39 is 0 Å². The van der Waals surface area contributed by atoms with Crippen LogP contribution in [0.1, 0.15) is 45.4 Å². The minimum Gasteiger partial charge on any atom is -0.330 e. The fourth-order valence-electron chi connectivity index (χ4n) is 2.57. The van der Waals surface area contributed by atoms with E-state index in [1.807, 2.05) is 0 Å². The Bertz CT molecular complexity index is 192. The van der Waals surface area contributed by atoms with E-state index in [1.165, 1.54) is 32.1 Å². The molecule has 0 aromatic carbocycles. The molecule has 2 atom stereocenters. The van der Waals surface area contributed by atoms with Crippen molar-refractivity contribution >= 4 is 0 Å². The van der Waals surface area contributed by atoms with Gasteiger partial charge < -0.3 is 5.73 Å². The molecular formula is C12H21N. The normalized spacial score (nSPS) is 34.1. The molecule has 1 saturated carbocycles. The number of nitrogens with two attached hydrogens (primary N) is 1. The summed E-state index contributed by atoms with van der Waals surface area (Å²) in [6, 6.07) is 0. The number of terminal acetylenes is 1. The molecule has 0 aromatic rings. The zero-order valence-corrected chi connectivity index (χ0v) is 8.68. The maximum Gasteiger partial charge on any atom is 0.0155 e. The summed E-state index contributed by atoms with van der Waals surface area (Å²) in [6.07, 6.45) is 12.7. The van der Waals surface area contributed by atoms with Crippen molar-refractivity contribution in [3.8, 4) is 12.3 Å². The lowest BCUT2D eigenvalue weighted by molar-refractivity contribution is 0.148. The molecule has 1 rings (SSSR count). The third kappa shape index (κ3) is 2.48. The number of hydrogen-bond donors (Lipinski definition) is 1. The van der Waals surface area contributed by atoms with Crippen LogP contribution in [-0.4, -0.2) is 6.54 Å². The second kappa shape index (κ2) is 4.67. The summed E-state index contributed by atoms with van der Waals surface area (Å²) in [6.45, 7) is 3.04. The maximum absolute atomic E-state index is 5.85. The highest BCUT2D eigenvalue weighted by atomic mass is 14.6. The monoisotopic (exact) mass is 179 g/mol. The fraction of sp³-hybridized carbons (Fsp3) is 0.833. The van der Waals surface area contributed by atoms with E-state index in [2.05, 4.69) is 12.8 Å². The zero-order valence-electron chi connectivity index (χ0n) is 8.68. The molecule has 2 unspecified atom stereocenters. The Labute approximate surface area is 82.1 Å². The molecule has 0 amide bonds. The molecule has 0 aromatic heterocycles.